The molecule has 0 amide bonds. The molecule has 0 aliphatic heterocycles. The van der Waals surface area contributed by atoms with Crippen LogP contribution >= 0.6 is 0 Å². The maximum Gasteiger partial charge on any atom is 0.0933 e. The minimum absolute atomic E-state index is 0.466. The Balaban J connectivity index is 1.91. The van der Waals surface area contributed by atoms with E-state index in [0.717, 1.165) is 24.3 Å². The predicted octanol–water partition coefficient (Wildman–Crippen LogP) is 4.16. The minimum atomic E-state index is 0.466. The summed E-state index contributed by atoms with van der Waals surface area (Å²) >= 11 is 0. The van der Waals surface area contributed by atoms with Crippen molar-refractivity contribution in [1.82, 2.24) is 9.88 Å². The number of pyridine rings is 1. The van der Waals surface area contributed by atoms with E-state index in [-0.39, 0.29) is 0 Å². The lowest BCUT2D eigenvalue weighted by Gasteiger charge is -2.20. The molecule has 1 aromatic heterocycles. The Morgan fingerprint density at radius 3 is 2.67 bits per heavy atom. The fourth-order valence-electron chi connectivity index (χ4n) is 2.72. The quantitative estimate of drug-likeness (QED) is 0.789. The average molecular weight is 285 g/mol. The van der Waals surface area contributed by atoms with Gasteiger partial charge < -0.3 is 10.2 Å². The molecular formula is C18H27N3. The van der Waals surface area contributed by atoms with Crippen LogP contribution < -0.4 is 5.32 Å². The van der Waals surface area contributed by atoms with Crippen molar-refractivity contribution in [3.63, 3.8) is 0 Å². The lowest BCUT2D eigenvalue weighted by atomic mass is 10.1. The first-order valence-corrected chi connectivity index (χ1v) is 8.07. The van der Waals surface area contributed by atoms with Crippen molar-refractivity contribution in [2.24, 2.45) is 0 Å². The van der Waals surface area contributed by atoms with Gasteiger partial charge in [-0.2, -0.15) is 0 Å². The van der Waals surface area contributed by atoms with E-state index < -0.39 is 0 Å². The van der Waals surface area contributed by atoms with Gasteiger partial charge in [0.15, 0.2) is 0 Å². The number of nitrogens with zero attached hydrogens (tertiary/aromatic N) is 2. The smallest absolute Gasteiger partial charge is 0.0933 e. The number of hydrogen-bond acceptors (Lipinski definition) is 3. The van der Waals surface area contributed by atoms with Gasteiger partial charge in [-0.3, -0.25) is 4.98 Å². The van der Waals surface area contributed by atoms with E-state index in [2.05, 4.69) is 60.2 Å². The number of para-hydroxylation sites is 1. The van der Waals surface area contributed by atoms with Crippen LogP contribution in [0.15, 0.2) is 36.5 Å². The van der Waals surface area contributed by atoms with Gasteiger partial charge in [0.05, 0.1) is 11.2 Å². The van der Waals surface area contributed by atoms with Gasteiger partial charge >= 0.3 is 0 Å². The standard InChI is InChI=1S/C18H27N3/c1-4-21(5-2)14-8-9-15(3)20-17-12-6-10-16-11-7-13-19-18(16)17/h6-7,10-13,15,20H,4-5,8-9,14H2,1-3H3. The van der Waals surface area contributed by atoms with Gasteiger partial charge in [0.2, 0.25) is 0 Å². The number of nitrogens with one attached hydrogen (secondary N) is 1. The van der Waals surface area contributed by atoms with Gasteiger partial charge in [-0.05, 0) is 51.5 Å². The van der Waals surface area contributed by atoms with Gasteiger partial charge in [0, 0.05) is 17.6 Å². The first kappa shape index (κ1) is 15.8. The number of rotatable bonds is 8. The van der Waals surface area contributed by atoms with E-state index in [4.69, 9.17) is 0 Å². The summed E-state index contributed by atoms with van der Waals surface area (Å²) in [6, 6.07) is 10.9. The molecule has 0 aliphatic rings. The highest BCUT2D eigenvalue weighted by Crippen LogP contribution is 2.21. The van der Waals surface area contributed by atoms with Crippen LogP contribution in [0.4, 0.5) is 5.69 Å². The first-order chi connectivity index (χ1) is 10.2. The van der Waals surface area contributed by atoms with Gasteiger partial charge in [-0.1, -0.05) is 32.0 Å². The third-order valence-electron chi connectivity index (χ3n) is 4.04. The van der Waals surface area contributed by atoms with Crippen molar-refractivity contribution in [3.05, 3.63) is 36.5 Å². The highest BCUT2D eigenvalue weighted by molar-refractivity contribution is 5.90. The number of fused-ring (bicyclic) bond motifs is 1. The molecule has 1 N–H and O–H groups in total. The molecule has 1 aromatic carbocycles. The molecule has 1 unspecified atom stereocenters. The van der Waals surface area contributed by atoms with Crippen LogP contribution in [0.25, 0.3) is 10.9 Å². The summed E-state index contributed by atoms with van der Waals surface area (Å²) in [7, 11) is 0. The monoisotopic (exact) mass is 285 g/mol. The van der Waals surface area contributed by atoms with E-state index in [1.165, 1.54) is 24.8 Å². The van der Waals surface area contributed by atoms with E-state index in [9.17, 15) is 0 Å². The molecule has 21 heavy (non-hydrogen) atoms. The molecule has 3 nitrogen and oxygen atoms in total. The largest absolute Gasteiger partial charge is 0.381 e. The van der Waals surface area contributed by atoms with Crippen LogP contribution in [-0.2, 0) is 0 Å². The van der Waals surface area contributed by atoms with Crippen LogP contribution in [0.5, 0.6) is 0 Å². The van der Waals surface area contributed by atoms with Crippen LogP contribution in [0.2, 0.25) is 0 Å². The Labute approximate surface area is 128 Å². The Morgan fingerprint density at radius 1 is 1.14 bits per heavy atom. The first-order valence-electron chi connectivity index (χ1n) is 8.07. The molecule has 1 atom stereocenters. The van der Waals surface area contributed by atoms with Gasteiger partial charge in [-0.15, -0.1) is 0 Å². The molecule has 0 saturated heterocycles. The number of benzene rings is 1. The summed E-state index contributed by atoms with van der Waals surface area (Å²) in [5.74, 6) is 0. The Bertz CT molecular complexity index is 544. The maximum absolute atomic E-state index is 4.50. The van der Waals surface area contributed by atoms with E-state index in [0.29, 0.717) is 6.04 Å². The summed E-state index contributed by atoms with van der Waals surface area (Å²) in [4.78, 5) is 6.98. The molecule has 1 heterocycles. The lowest BCUT2D eigenvalue weighted by Crippen LogP contribution is -2.25. The summed E-state index contributed by atoms with van der Waals surface area (Å²) < 4.78 is 0. The minimum Gasteiger partial charge on any atom is -0.381 e. The second kappa shape index (κ2) is 7.99. The zero-order chi connectivity index (χ0) is 15.1. The van der Waals surface area contributed by atoms with Crippen molar-refractivity contribution < 1.29 is 0 Å². The van der Waals surface area contributed by atoms with Gasteiger partial charge in [0.1, 0.15) is 0 Å². The molecule has 0 radical (unpaired) electrons. The summed E-state index contributed by atoms with van der Waals surface area (Å²) in [6.45, 7) is 10.2. The highest BCUT2D eigenvalue weighted by Gasteiger charge is 2.07. The van der Waals surface area contributed by atoms with E-state index in [1.807, 2.05) is 12.3 Å². The third-order valence-corrected chi connectivity index (χ3v) is 4.04. The third kappa shape index (κ3) is 4.43. The molecule has 3 heteroatoms. The second-order valence-electron chi connectivity index (χ2n) is 5.60. The Kier molecular flexibility index (Phi) is 6.00. The molecule has 0 spiro atoms. The molecule has 114 valence electrons. The van der Waals surface area contributed by atoms with Gasteiger partial charge in [0.25, 0.3) is 0 Å². The summed E-state index contributed by atoms with van der Waals surface area (Å²) in [5.41, 5.74) is 2.21. The van der Waals surface area contributed by atoms with Crippen LogP contribution in [-0.4, -0.2) is 35.6 Å². The number of anilines is 1. The number of aromatic nitrogens is 1. The highest BCUT2D eigenvalue weighted by atomic mass is 15.1. The van der Waals surface area contributed by atoms with Crippen molar-refractivity contribution in [3.8, 4) is 0 Å². The normalized spacial score (nSPS) is 12.8. The van der Waals surface area contributed by atoms with Crippen molar-refractivity contribution >= 4 is 16.6 Å². The molecule has 0 fully saturated rings. The molecule has 0 aliphatic carbocycles. The lowest BCUT2D eigenvalue weighted by molar-refractivity contribution is 0.295. The molecule has 2 rings (SSSR count). The van der Waals surface area contributed by atoms with Crippen LogP contribution in [0, 0.1) is 0 Å². The summed E-state index contributed by atoms with van der Waals surface area (Å²) in [6.07, 6.45) is 4.27. The Hall–Kier alpha value is -1.61. The zero-order valence-electron chi connectivity index (χ0n) is 13.5. The summed E-state index contributed by atoms with van der Waals surface area (Å²) in [5, 5.41) is 4.81. The Morgan fingerprint density at radius 2 is 1.90 bits per heavy atom. The van der Waals surface area contributed by atoms with Crippen molar-refractivity contribution in [2.75, 3.05) is 25.0 Å². The molecule has 0 saturated carbocycles. The second-order valence-corrected chi connectivity index (χ2v) is 5.60. The molecular weight excluding hydrogens is 258 g/mol. The average Bonchev–Trinajstić information content (AvgIpc) is 2.52. The van der Waals surface area contributed by atoms with E-state index in [1.54, 1.807) is 0 Å². The number of hydrogen-bond donors (Lipinski definition) is 1. The van der Waals surface area contributed by atoms with Gasteiger partial charge in [-0.25, -0.2) is 0 Å². The topological polar surface area (TPSA) is 28.2 Å². The molecule has 2 aromatic rings. The van der Waals surface area contributed by atoms with E-state index >= 15 is 0 Å². The van der Waals surface area contributed by atoms with Crippen LogP contribution in [0.3, 0.4) is 0 Å². The van der Waals surface area contributed by atoms with Crippen molar-refractivity contribution in [2.45, 2.75) is 39.7 Å². The molecule has 0 bridgehead atoms. The maximum atomic E-state index is 4.50. The predicted molar refractivity (Wildman–Crippen MR) is 91.8 cm³/mol. The van der Waals surface area contributed by atoms with Crippen molar-refractivity contribution in [1.29, 1.82) is 0 Å². The fourth-order valence-corrected chi connectivity index (χ4v) is 2.72. The fraction of sp³-hybridized carbons (Fsp3) is 0.500. The SMILES string of the molecule is CCN(CC)CCCC(C)Nc1cccc2cccnc12. The zero-order valence-corrected chi connectivity index (χ0v) is 13.5. The van der Waals surface area contributed by atoms with Crippen LogP contribution in [0.1, 0.15) is 33.6 Å².